The van der Waals surface area contributed by atoms with E-state index in [4.69, 9.17) is 24.5 Å². The molecule has 1 fully saturated rings. The zero-order valence-electron chi connectivity index (χ0n) is 20.1. The molecule has 0 radical (unpaired) electrons. The van der Waals surface area contributed by atoms with Gasteiger partial charge in [-0.2, -0.15) is 5.10 Å². The summed E-state index contributed by atoms with van der Waals surface area (Å²) in [6, 6.07) is 15.7. The summed E-state index contributed by atoms with van der Waals surface area (Å²) in [4.78, 5) is 24.0. The summed E-state index contributed by atoms with van der Waals surface area (Å²) < 4.78 is 12.9. The zero-order valence-corrected chi connectivity index (χ0v) is 20.1. The fourth-order valence-electron chi connectivity index (χ4n) is 4.50. The van der Waals surface area contributed by atoms with Gasteiger partial charge in [0.25, 0.3) is 0 Å². The van der Waals surface area contributed by atoms with Gasteiger partial charge in [0.2, 0.25) is 11.9 Å². The Morgan fingerprint density at radius 2 is 1.71 bits per heavy atom. The Morgan fingerprint density at radius 3 is 2.40 bits per heavy atom. The Labute approximate surface area is 203 Å². The number of hydrogen-bond acceptors (Lipinski definition) is 7. The van der Waals surface area contributed by atoms with Crippen molar-refractivity contribution in [2.45, 2.75) is 12.8 Å². The third-order valence-electron chi connectivity index (χ3n) is 6.44. The van der Waals surface area contributed by atoms with Crippen molar-refractivity contribution >= 4 is 22.8 Å². The lowest BCUT2D eigenvalue weighted by molar-refractivity contribution is -0.125. The molecule has 4 aromatic rings. The molecular weight excluding hydrogens is 444 g/mol. The summed E-state index contributed by atoms with van der Waals surface area (Å²) in [5.41, 5.74) is 3.15. The molecule has 1 aliphatic rings. The van der Waals surface area contributed by atoms with Crippen LogP contribution < -0.4 is 19.7 Å². The lowest BCUT2D eigenvalue weighted by Crippen LogP contribution is -2.40. The Bertz CT molecular complexity index is 1350. The minimum absolute atomic E-state index is 0.0158. The smallest absolute Gasteiger partial charge is 0.226 e. The van der Waals surface area contributed by atoms with Crippen molar-refractivity contribution in [3.05, 3.63) is 54.7 Å². The average Bonchev–Trinajstić information content (AvgIpc) is 3.42. The largest absolute Gasteiger partial charge is 0.493 e. The van der Waals surface area contributed by atoms with Gasteiger partial charge < -0.3 is 19.7 Å². The minimum Gasteiger partial charge on any atom is -0.493 e. The van der Waals surface area contributed by atoms with Crippen molar-refractivity contribution in [2.24, 2.45) is 5.92 Å². The Morgan fingerprint density at radius 1 is 1.00 bits per heavy atom. The maximum absolute atomic E-state index is 12.1. The van der Waals surface area contributed by atoms with E-state index in [1.165, 1.54) is 0 Å². The second-order valence-corrected chi connectivity index (χ2v) is 8.45. The van der Waals surface area contributed by atoms with Gasteiger partial charge in [-0.1, -0.05) is 18.2 Å². The molecule has 0 saturated carbocycles. The summed E-state index contributed by atoms with van der Waals surface area (Å²) in [5.74, 6) is 1.93. The number of ether oxygens (including phenoxy) is 2. The van der Waals surface area contributed by atoms with Crippen molar-refractivity contribution < 1.29 is 14.3 Å². The van der Waals surface area contributed by atoms with E-state index >= 15 is 0 Å². The van der Waals surface area contributed by atoms with Crippen LogP contribution in [0, 0.1) is 5.92 Å². The fraction of sp³-hybridized carbons (Fsp3) is 0.308. The number of anilines is 1. The van der Waals surface area contributed by atoms with Gasteiger partial charge in [0.15, 0.2) is 11.5 Å². The number of fused-ring (bicyclic) bond motifs is 1. The second-order valence-electron chi connectivity index (χ2n) is 8.45. The predicted molar refractivity (Wildman–Crippen MR) is 134 cm³/mol. The summed E-state index contributed by atoms with van der Waals surface area (Å²) in [6.45, 7) is 1.41. The van der Waals surface area contributed by atoms with E-state index in [1.807, 2.05) is 59.4 Å². The molecule has 0 unspecified atom stereocenters. The van der Waals surface area contributed by atoms with E-state index in [-0.39, 0.29) is 11.8 Å². The van der Waals surface area contributed by atoms with E-state index in [0.29, 0.717) is 36.2 Å². The number of methoxy groups -OCH3 is 2. The highest BCUT2D eigenvalue weighted by atomic mass is 16.5. The quantitative estimate of drug-likeness (QED) is 0.459. The monoisotopic (exact) mass is 472 g/mol. The Hall–Kier alpha value is -4.14. The molecule has 5 rings (SSSR count). The van der Waals surface area contributed by atoms with Crippen LogP contribution in [0.1, 0.15) is 12.8 Å². The number of nitrogens with one attached hydrogen (secondary N) is 1. The molecule has 35 heavy (non-hydrogen) atoms. The molecule has 0 atom stereocenters. The Balaban J connectivity index is 1.59. The van der Waals surface area contributed by atoms with E-state index in [9.17, 15) is 4.79 Å². The van der Waals surface area contributed by atoms with Gasteiger partial charge >= 0.3 is 0 Å². The van der Waals surface area contributed by atoms with Gasteiger partial charge in [0.1, 0.15) is 11.4 Å². The number of amides is 1. The number of para-hydroxylation sites is 1. The molecule has 1 aliphatic heterocycles. The first-order valence-corrected chi connectivity index (χ1v) is 11.6. The second kappa shape index (κ2) is 9.61. The highest BCUT2D eigenvalue weighted by Gasteiger charge is 2.27. The zero-order chi connectivity index (χ0) is 24.4. The molecule has 3 heterocycles. The van der Waals surface area contributed by atoms with Crippen molar-refractivity contribution in [2.75, 3.05) is 39.3 Å². The van der Waals surface area contributed by atoms with E-state index in [0.717, 1.165) is 35.1 Å². The molecule has 1 saturated heterocycles. The number of piperidine rings is 1. The minimum atomic E-state index is 0.0158. The van der Waals surface area contributed by atoms with Gasteiger partial charge in [-0.15, -0.1) is 0 Å². The van der Waals surface area contributed by atoms with Gasteiger partial charge in [-0.05, 0) is 37.1 Å². The van der Waals surface area contributed by atoms with Crippen LogP contribution in [0.2, 0.25) is 0 Å². The first kappa shape index (κ1) is 22.6. The molecule has 1 N–H and O–H groups in total. The lowest BCUT2D eigenvalue weighted by Gasteiger charge is -2.31. The van der Waals surface area contributed by atoms with Gasteiger partial charge in [-0.3, -0.25) is 4.79 Å². The van der Waals surface area contributed by atoms with Crippen LogP contribution >= 0.6 is 0 Å². The van der Waals surface area contributed by atoms with Gasteiger partial charge in [0.05, 0.1) is 25.4 Å². The molecule has 180 valence electrons. The fourth-order valence-corrected chi connectivity index (χ4v) is 4.50. The van der Waals surface area contributed by atoms with Crippen molar-refractivity contribution in [3.63, 3.8) is 0 Å². The van der Waals surface area contributed by atoms with Crippen LogP contribution in [-0.4, -0.2) is 60.0 Å². The average molecular weight is 473 g/mol. The van der Waals surface area contributed by atoms with Crippen LogP contribution in [-0.2, 0) is 4.79 Å². The summed E-state index contributed by atoms with van der Waals surface area (Å²) in [6.07, 6.45) is 3.43. The topological polar surface area (TPSA) is 94.4 Å². The number of carbonyl (C=O) groups excluding carboxylic acids is 1. The number of carbonyl (C=O) groups is 1. The molecule has 2 aromatic carbocycles. The molecule has 0 spiro atoms. The molecule has 1 amide bonds. The van der Waals surface area contributed by atoms with Crippen LogP contribution in [0.5, 0.6) is 11.5 Å². The SMILES string of the molecule is CNC(=O)C1CCN(c2nc(-c3ccn(-c4ccccc4)n3)c3cc(OC)c(OC)cc3n2)CC1. The van der Waals surface area contributed by atoms with Crippen LogP contribution in [0.25, 0.3) is 28.0 Å². The molecule has 2 aromatic heterocycles. The molecule has 0 bridgehead atoms. The van der Waals surface area contributed by atoms with Crippen molar-refractivity contribution in [1.29, 1.82) is 0 Å². The first-order chi connectivity index (χ1) is 17.1. The van der Waals surface area contributed by atoms with E-state index in [2.05, 4.69) is 10.2 Å². The number of nitrogens with zero attached hydrogens (tertiary/aromatic N) is 5. The highest BCUT2D eigenvalue weighted by molar-refractivity contribution is 5.94. The Kier molecular flexibility index (Phi) is 6.22. The highest BCUT2D eigenvalue weighted by Crippen LogP contribution is 2.36. The molecule has 9 nitrogen and oxygen atoms in total. The summed E-state index contributed by atoms with van der Waals surface area (Å²) in [7, 11) is 4.90. The maximum Gasteiger partial charge on any atom is 0.226 e. The summed E-state index contributed by atoms with van der Waals surface area (Å²) in [5, 5.41) is 8.40. The lowest BCUT2D eigenvalue weighted by atomic mass is 9.96. The van der Waals surface area contributed by atoms with Gasteiger partial charge in [-0.25, -0.2) is 14.6 Å². The van der Waals surface area contributed by atoms with Crippen molar-refractivity contribution in [3.8, 4) is 28.6 Å². The summed E-state index contributed by atoms with van der Waals surface area (Å²) >= 11 is 0. The number of hydrogen-bond donors (Lipinski definition) is 1. The van der Waals surface area contributed by atoms with Crippen molar-refractivity contribution in [1.82, 2.24) is 25.1 Å². The molecule has 0 aliphatic carbocycles. The predicted octanol–water partition coefficient (Wildman–Crippen LogP) is 3.46. The maximum atomic E-state index is 12.1. The number of rotatable bonds is 6. The van der Waals surface area contributed by atoms with Crippen LogP contribution in [0.15, 0.2) is 54.7 Å². The number of aromatic nitrogens is 4. The first-order valence-electron chi connectivity index (χ1n) is 11.6. The molecule has 9 heteroatoms. The third kappa shape index (κ3) is 4.37. The van der Waals surface area contributed by atoms with E-state index < -0.39 is 0 Å². The van der Waals surface area contributed by atoms with Crippen LogP contribution in [0.4, 0.5) is 5.95 Å². The molecular formula is C26H28N6O3. The van der Waals surface area contributed by atoms with Gasteiger partial charge in [0, 0.05) is 43.7 Å². The number of benzene rings is 2. The normalized spacial score (nSPS) is 14.2. The van der Waals surface area contributed by atoms with Crippen LogP contribution in [0.3, 0.4) is 0 Å². The standard InChI is InChI=1S/C26H28N6O3/c1-27-25(33)17-9-12-31(13-10-17)26-28-21-16-23(35-3)22(34-2)15-19(21)24(29-26)20-11-14-32(30-20)18-7-5-4-6-8-18/h4-8,11,14-17H,9-10,12-13H2,1-3H3,(H,27,33). The third-order valence-corrected chi connectivity index (χ3v) is 6.44. The van der Waals surface area contributed by atoms with E-state index in [1.54, 1.807) is 21.3 Å².